The van der Waals surface area contributed by atoms with Gasteiger partial charge in [0.15, 0.2) is 5.01 Å². The second-order valence-electron chi connectivity index (χ2n) is 6.07. The number of piperazine rings is 1. The molecule has 1 saturated heterocycles. The SMILES string of the molecule is O=C(/C=C/c1cccc(Cl)c1)N1CCN(c2nnc(-c3cccs3)s2)CC1. The molecular weight excluding hydrogens is 400 g/mol. The Labute approximate surface area is 170 Å². The van der Waals surface area contributed by atoms with Crippen molar-refractivity contribution in [3.05, 3.63) is 58.4 Å². The highest BCUT2D eigenvalue weighted by Gasteiger charge is 2.22. The quantitative estimate of drug-likeness (QED) is 0.595. The molecule has 1 aliphatic rings. The van der Waals surface area contributed by atoms with Gasteiger partial charge in [0, 0.05) is 37.3 Å². The first-order valence-electron chi connectivity index (χ1n) is 8.54. The Hall–Kier alpha value is -2.22. The fourth-order valence-corrected chi connectivity index (χ4v) is 4.73. The summed E-state index contributed by atoms with van der Waals surface area (Å²) in [5, 5.41) is 13.2. The van der Waals surface area contributed by atoms with E-state index in [9.17, 15) is 4.79 Å². The maximum Gasteiger partial charge on any atom is 0.246 e. The van der Waals surface area contributed by atoms with Gasteiger partial charge in [0.2, 0.25) is 11.0 Å². The molecule has 0 radical (unpaired) electrons. The van der Waals surface area contributed by atoms with Gasteiger partial charge in [-0.2, -0.15) is 0 Å². The Morgan fingerprint density at radius 3 is 2.70 bits per heavy atom. The van der Waals surface area contributed by atoms with Crippen molar-refractivity contribution in [3.63, 3.8) is 0 Å². The third-order valence-electron chi connectivity index (χ3n) is 4.28. The van der Waals surface area contributed by atoms with Crippen molar-refractivity contribution in [2.24, 2.45) is 0 Å². The van der Waals surface area contributed by atoms with Gasteiger partial charge in [0.1, 0.15) is 0 Å². The zero-order valence-electron chi connectivity index (χ0n) is 14.4. The standard InChI is InChI=1S/C19H17ClN4OS2/c20-15-4-1-3-14(13-15)6-7-17(25)23-8-10-24(11-9-23)19-22-21-18(27-19)16-5-2-12-26-16/h1-7,12-13H,8-11H2/b7-6+. The first kappa shape index (κ1) is 18.2. The van der Waals surface area contributed by atoms with Crippen LogP contribution in [0.2, 0.25) is 5.02 Å². The molecule has 0 saturated carbocycles. The van der Waals surface area contributed by atoms with Crippen LogP contribution < -0.4 is 4.90 Å². The molecule has 1 aromatic carbocycles. The van der Waals surface area contributed by atoms with Crippen LogP contribution >= 0.6 is 34.3 Å². The van der Waals surface area contributed by atoms with E-state index in [1.54, 1.807) is 34.8 Å². The van der Waals surface area contributed by atoms with Gasteiger partial charge < -0.3 is 9.80 Å². The summed E-state index contributed by atoms with van der Waals surface area (Å²) in [6, 6.07) is 11.5. The second-order valence-corrected chi connectivity index (χ2v) is 8.41. The molecule has 1 fully saturated rings. The Balaban J connectivity index is 1.34. The predicted octanol–water partition coefficient (Wildman–Crippen LogP) is 4.28. The van der Waals surface area contributed by atoms with E-state index in [1.165, 1.54) is 0 Å². The van der Waals surface area contributed by atoms with Gasteiger partial charge in [-0.25, -0.2) is 0 Å². The summed E-state index contributed by atoms with van der Waals surface area (Å²) in [5.74, 6) is 0.0196. The lowest BCUT2D eigenvalue weighted by atomic mass is 10.2. The van der Waals surface area contributed by atoms with Gasteiger partial charge in [-0.15, -0.1) is 21.5 Å². The smallest absolute Gasteiger partial charge is 0.246 e. The van der Waals surface area contributed by atoms with Crippen molar-refractivity contribution in [1.29, 1.82) is 0 Å². The minimum atomic E-state index is 0.0196. The van der Waals surface area contributed by atoms with Crippen LogP contribution in [0.25, 0.3) is 16.0 Å². The molecule has 27 heavy (non-hydrogen) atoms. The molecule has 3 aromatic rings. The Bertz CT molecular complexity index is 946. The van der Waals surface area contributed by atoms with E-state index in [-0.39, 0.29) is 5.91 Å². The number of carbonyl (C=O) groups excluding carboxylic acids is 1. The molecule has 5 nitrogen and oxygen atoms in total. The normalized spacial score (nSPS) is 14.9. The van der Waals surface area contributed by atoms with Crippen LogP contribution in [0, 0.1) is 0 Å². The molecule has 0 aliphatic carbocycles. The number of thiophene rings is 1. The van der Waals surface area contributed by atoms with Crippen LogP contribution in [0.3, 0.4) is 0 Å². The van der Waals surface area contributed by atoms with E-state index < -0.39 is 0 Å². The van der Waals surface area contributed by atoms with E-state index in [0.29, 0.717) is 18.1 Å². The summed E-state index contributed by atoms with van der Waals surface area (Å²) in [5.41, 5.74) is 0.921. The number of benzene rings is 1. The monoisotopic (exact) mass is 416 g/mol. The average molecular weight is 417 g/mol. The summed E-state index contributed by atoms with van der Waals surface area (Å²) >= 11 is 9.24. The van der Waals surface area contributed by atoms with Gasteiger partial charge in [0.05, 0.1) is 4.88 Å². The van der Waals surface area contributed by atoms with E-state index in [0.717, 1.165) is 33.7 Å². The maximum atomic E-state index is 12.4. The fraction of sp³-hybridized carbons (Fsp3) is 0.211. The maximum absolute atomic E-state index is 12.4. The van der Waals surface area contributed by atoms with Crippen LogP contribution in [-0.4, -0.2) is 47.2 Å². The molecule has 0 atom stereocenters. The molecule has 8 heteroatoms. The van der Waals surface area contributed by atoms with Crippen molar-refractivity contribution in [2.75, 3.05) is 31.1 Å². The Morgan fingerprint density at radius 2 is 1.96 bits per heavy atom. The van der Waals surface area contributed by atoms with E-state index >= 15 is 0 Å². The van der Waals surface area contributed by atoms with E-state index in [1.807, 2.05) is 40.6 Å². The van der Waals surface area contributed by atoms with Gasteiger partial charge in [0.25, 0.3) is 0 Å². The predicted molar refractivity (Wildman–Crippen MR) is 113 cm³/mol. The number of rotatable bonds is 4. The zero-order valence-corrected chi connectivity index (χ0v) is 16.8. The van der Waals surface area contributed by atoms with Crippen molar-refractivity contribution in [1.82, 2.24) is 15.1 Å². The van der Waals surface area contributed by atoms with Gasteiger partial charge in [-0.05, 0) is 35.2 Å². The van der Waals surface area contributed by atoms with Crippen LogP contribution in [0.5, 0.6) is 0 Å². The lowest BCUT2D eigenvalue weighted by molar-refractivity contribution is -0.126. The summed E-state index contributed by atoms with van der Waals surface area (Å²) in [4.78, 5) is 17.6. The van der Waals surface area contributed by atoms with E-state index in [4.69, 9.17) is 11.6 Å². The number of halogens is 1. The summed E-state index contributed by atoms with van der Waals surface area (Å²) < 4.78 is 0. The largest absolute Gasteiger partial charge is 0.343 e. The van der Waals surface area contributed by atoms with Crippen LogP contribution in [-0.2, 0) is 4.79 Å². The van der Waals surface area contributed by atoms with Crippen LogP contribution in [0.4, 0.5) is 5.13 Å². The van der Waals surface area contributed by atoms with Crippen molar-refractivity contribution >= 4 is 51.4 Å². The number of amides is 1. The molecule has 138 valence electrons. The van der Waals surface area contributed by atoms with Crippen LogP contribution in [0.1, 0.15) is 5.56 Å². The van der Waals surface area contributed by atoms with Gasteiger partial charge in [-0.3, -0.25) is 4.79 Å². The highest BCUT2D eigenvalue weighted by molar-refractivity contribution is 7.22. The summed E-state index contributed by atoms with van der Waals surface area (Å²) in [6.07, 6.45) is 3.42. The third-order valence-corrected chi connectivity index (χ3v) is 6.53. The Kier molecular flexibility index (Phi) is 5.52. The fourth-order valence-electron chi connectivity index (χ4n) is 2.84. The summed E-state index contributed by atoms with van der Waals surface area (Å²) in [7, 11) is 0. The molecule has 0 bridgehead atoms. The molecule has 0 spiro atoms. The topological polar surface area (TPSA) is 49.3 Å². The van der Waals surface area contributed by atoms with Crippen molar-refractivity contribution < 1.29 is 4.79 Å². The molecule has 4 rings (SSSR count). The number of hydrogen-bond acceptors (Lipinski definition) is 6. The van der Waals surface area contributed by atoms with Crippen molar-refractivity contribution in [3.8, 4) is 9.88 Å². The van der Waals surface area contributed by atoms with E-state index in [2.05, 4.69) is 21.2 Å². The molecule has 3 heterocycles. The first-order chi connectivity index (χ1) is 13.2. The molecule has 1 amide bonds. The summed E-state index contributed by atoms with van der Waals surface area (Å²) in [6.45, 7) is 2.87. The molecular formula is C19H17ClN4OS2. The lowest BCUT2D eigenvalue weighted by Crippen LogP contribution is -2.48. The Morgan fingerprint density at radius 1 is 1.11 bits per heavy atom. The molecule has 1 aliphatic heterocycles. The number of hydrogen-bond donors (Lipinski definition) is 0. The second kappa shape index (κ2) is 8.21. The van der Waals surface area contributed by atoms with Gasteiger partial charge >= 0.3 is 0 Å². The zero-order chi connectivity index (χ0) is 18.6. The molecule has 2 aromatic heterocycles. The van der Waals surface area contributed by atoms with Crippen molar-refractivity contribution in [2.45, 2.75) is 0 Å². The minimum absolute atomic E-state index is 0.0196. The minimum Gasteiger partial charge on any atom is -0.343 e. The van der Waals surface area contributed by atoms with Gasteiger partial charge in [-0.1, -0.05) is 41.1 Å². The highest BCUT2D eigenvalue weighted by Crippen LogP contribution is 2.31. The first-order valence-corrected chi connectivity index (χ1v) is 10.6. The average Bonchev–Trinajstić information content (AvgIpc) is 3.38. The number of carbonyl (C=O) groups is 1. The highest BCUT2D eigenvalue weighted by atomic mass is 35.5. The number of aromatic nitrogens is 2. The number of anilines is 1. The third kappa shape index (κ3) is 4.37. The lowest BCUT2D eigenvalue weighted by Gasteiger charge is -2.33. The molecule has 0 unspecified atom stereocenters. The molecule has 0 N–H and O–H groups in total. The van der Waals surface area contributed by atoms with Crippen LogP contribution in [0.15, 0.2) is 47.9 Å². The number of nitrogens with zero attached hydrogens (tertiary/aromatic N) is 4.